The second-order valence-corrected chi connectivity index (χ2v) is 9.17. The Morgan fingerprint density at radius 2 is 1.97 bits per heavy atom. The predicted octanol–water partition coefficient (Wildman–Crippen LogP) is 1.73. The number of nitrogens with one attached hydrogen (secondary N) is 4. The van der Waals surface area contributed by atoms with Gasteiger partial charge < -0.3 is 16.0 Å². The molecule has 8 nitrogen and oxygen atoms in total. The summed E-state index contributed by atoms with van der Waals surface area (Å²) in [5.41, 5.74) is 0.631. The van der Waals surface area contributed by atoms with Crippen LogP contribution >= 0.6 is 15.9 Å². The number of anilines is 1. The summed E-state index contributed by atoms with van der Waals surface area (Å²) in [7, 11) is 0. The van der Waals surface area contributed by atoms with Crippen LogP contribution in [0.3, 0.4) is 0 Å². The third-order valence-corrected chi connectivity index (χ3v) is 6.89. The van der Waals surface area contributed by atoms with Crippen molar-refractivity contribution in [1.29, 1.82) is 0 Å². The van der Waals surface area contributed by atoms with Gasteiger partial charge in [-0.15, -0.1) is 0 Å². The molecule has 162 valence electrons. The highest BCUT2D eigenvalue weighted by atomic mass is 79.9. The molecule has 3 aliphatic heterocycles. The number of piperidine rings is 2. The zero-order chi connectivity index (χ0) is 21.3. The van der Waals surface area contributed by atoms with Gasteiger partial charge in [-0.25, -0.2) is 0 Å². The molecular formula is C21H28BrN5O3. The van der Waals surface area contributed by atoms with Crippen LogP contribution in [-0.2, 0) is 14.4 Å². The van der Waals surface area contributed by atoms with E-state index in [1.807, 2.05) is 12.1 Å². The molecule has 3 heterocycles. The van der Waals surface area contributed by atoms with Crippen LogP contribution in [0.25, 0.3) is 0 Å². The molecule has 1 aromatic carbocycles. The number of hydrogen-bond acceptors (Lipinski definition) is 5. The van der Waals surface area contributed by atoms with Crippen LogP contribution in [0, 0.1) is 11.8 Å². The first kappa shape index (κ1) is 21.3. The van der Waals surface area contributed by atoms with Gasteiger partial charge in [0.25, 0.3) is 0 Å². The molecule has 4 N–H and O–H groups in total. The Kier molecular flexibility index (Phi) is 6.40. The highest BCUT2D eigenvalue weighted by Crippen LogP contribution is 2.30. The zero-order valence-corrected chi connectivity index (χ0v) is 18.6. The van der Waals surface area contributed by atoms with Crippen molar-refractivity contribution in [3.8, 4) is 0 Å². The zero-order valence-electron chi connectivity index (χ0n) is 17.0. The maximum absolute atomic E-state index is 13.1. The lowest BCUT2D eigenvalue weighted by Gasteiger charge is -2.49. The van der Waals surface area contributed by atoms with Crippen molar-refractivity contribution < 1.29 is 14.4 Å². The van der Waals surface area contributed by atoms with Gasteiger partial charge in [0.2, 0.25) is 17.7 Å². The van der Waals surface area contributed by atoms with Crippen molar-refractivity contribution in [3.05, 3.63) is 28.7 Å². The summed E-state index contributed by atoms with van der Waals surface area (Å²) in [5.74, 6) is -2.12. The third kappa shape index (κ3) is 4.38. The van der Waals surface area contributed by atoms with E-state index >= 15 is 0 Å². The molecule has 0 saturated carbocycles. The molecule has 0 aliphatic carbocycles. The molecule has 3 saturated heterocycles. The summed E-state index contributed by atoms with van der Waals surface area (Å²) < 4.78 is 0.905. The van der Waals surface area contributed by atoms with Crippen LogP contribution < -0.4 is 21.3 Å². The largest absolute Gasteiger partial charge is 0.340 e. The van der Waals surface area contributed by atoms with Crippen molar-refractivity contribution in [3.63, 3.8) is 0 Å². The number of carbonyl (C=O) groups excluding carboxylic acids is 3. The Hall–Kier alpha value is -1.97. The summed E-state index contributed by atoms with van der Waals surface area (Å²) in [6.07, 6.45) is 3.48. The summed E-state index contributed by atoms with van der Waals surface area (Å²) in [6.45, 7) is 3.05. The highest BCUT2D eigenvalue weighted by Gasteiger charge is 2.49. The lowest BCUT2D eigenvalue weighted by atomic mass is 9.81. The Labute approximate surface area is 184 Å². The van der Waals surface area contributed by atoms with Crippen molar-refractivity contribution in [2.75, 3.05) is 11.9 Å². The summed E-state index contributed by atoms with van der Waals surface area (Å²) in [5, 5.41) is 12.2. The number of carbonyl (C=O) groups is 3. The molecular weight excluding hydrogens is 450 g/mol. The maximum Gasteiger partial charge on any atom is 0.229 e. The SMILES string of the molecule is CCC1CCCCN1C1NC(=O)C2C(NC(=O)CC2C(=O)Nc2ccc(Br)cc2)N1. The normalized spacial score (nSPS) is 32.0. The van der Waals surface area contributed by atoms with Gasteiger partial charge in [-0.05, 0) is 43.5 Å². The molecule has 0 radical (unpaired) electrons. The third-order valence-electron chi connectivity index (χ3n) is 6.36. The average molecular weight is 478 g/mol. The Morgan fingerprint density at radius 3 is 2.70 bits per heavy atom. The number of hydrogen-bond donors (Lipinski definition) is 4. The Morgan fingerprint density at radius 1 is 1.20 bits per heavy atom. The van der Waals surface area contributed by atoms with E-state index in [2.05, 4.69) is 49.0 Å². The summed E-state index contributed by atoms with van der Waals surface area (Å²) in [4.78, 5) is 40.7. The van der Waals surface area contributed by atoms with Crippen LogP contribution in [0.5, 0.6) is 0 Å². The first-order valence-corrected chi connectivity index (χ1v) is 11.4. The molecule has 0 aromatic heterocycles. The van der Waals surface area contributed by atoms with Crippen molar-refractivity contribution in [1.82, 2.24) is 20.9 Å². The number of benzene rings is 1. The van der Waals surface area contributed by atoms with Crippen LogP contribution in [0.4, 0.5) is 5.69 Å². The van der Waals surface area contributed by atoms with Crippen LogP contribution in [0.1, 0.15) is 39.0 Å². The smallest absolute Gasteiger partial charge is 0.229 e. The fourth-order valence-electron chi connectivity index (χ4n) is 4.81. The van der Waals surface area contributed by atoms with Crippen molar-refractivity contribution in [2.24, 2.45) is 11.8 Å². The standard InChI is InChI=1S/C21H28BrN5O3/c1-2-14-5-3-4-10-27(14)21-25-18-17(20(30)26-21)15(11-16(28)24-18)19(29)23-13-8-6-12(22)7-9-13/h6-9,14-15,17-18,21,25H,2-5,10-11H2,1H3,(H,23,29)(H,24,28)(H,26,30). The van der Waals surface area contributed by atoms with Crippen molar-refractivity contribution in [2.45, 2.75) is 57.5 Å². The van der Waals surface area contributed by atoms with Gasteiger partial charge in [0.15, 0.2) is 0 Å². The number of nitrogens with zero attached hydrogens (tertiary/aromatic N) is 1. The minimum Gasteiger partial charge on any atom is -0.340 e. The Balaban J connectivity index is 1.49. The van der Waals surface area contributed by atoms with E-state index in [0.29, 0.717) is 11.7 Å². The van der Waals surface area contributed by atoms with E-state index in [1.54, 1.807) is 12.1 Å². The van der Waals surface area contributed by atoms with E-state index in [-0.39, 0.29) is 30.4 Å². The second-order valence-electron chi connectivity index (χ2n) is 8.25. The molecule has 0 bridgehead atoms. The number of amides is 3. The van der Waals surface area contributed by atoms with Gasteiger partial charge in [0.1, 0.15) is 6.29 Å². The monoisotopic (exact) mass is 477 g/mol. The van der Waals surface area contributed by atoms with Crippen LogP contribution in [0.15, 0.2) is 28.7 Å². The van der Waals surface area contributed by atoms with Gasteiger partial charge >= 0.3 is 0 Å². The van der Waals surface area contributed by atoms with E-state index in [4.69, 9.17) is 0 Å². The number of halogens is 1. The average Bonchev–Trinajstić information content (AvgIpc) is 2.74. The van der Waals surface area contributed by atoms with Crippen LogP contribution in [0.2, 0.25) is 0 Å². The molecule has 3 amide bonds. The minimum absolute atomic E-state index is 0.00933. The molecule has 9 heteroatoms. The highest BCUT2D eigenvalue weighted by molar-refractivity contribution is 9.10. The number of fused-ring (bicyclic) bond motifs is 1. The van der Waals surface area contributed by atoms with Crippen LogP contribution in [-0.4, -0.2) is 47.7 Å². The first-order chi connectivity index (χ1) is 14.5. The van der Waals surface area contributed by atoms with Gasteiger partial charge in [-0.3, -0.25) is 24.6 Å². The number of likely N-dealkylation sites (tertiary alicyclic amines) is 1. The second kappa shape index (κ2) is 9.03. The lowest BCUT2D eigenvalue weighted by Crippen LogP contribution is -2.75. The topological polar surface area (TPSA) is 103 Å². The summed E-state index contributed by atoms with van der Waals surface area (Å²) in [6, 6.07) is 7.60. The van der Waals surface area contributed by atoms with Gasteiger partial charge in [0, 0.05) is 29.2 Å². The minimum atomic E-state index is -0.732. The molecule has 0 spiro atoms. The molecule has 3 fully saturated rings. The fraction of sp³-hybridized carbons (Fsp3) is 0.571. The first-order valence-electron chi connectivity index (χ1n) is 10.6. The molecule has 30 heavy (non-hydrogen) atoms. The van der Waals surface area contributed by atoms with E-state index in [0.717, 1.165) is 30.3 Å². The lowest BCUT2D eigenvalue weighted by molar-refractivity contribution is -0.148. The van der Waals surface area contributed by atoms with E-state index in [9.17, 15) is 14.4 Å². The summed E-state index contributed by atoms with van der Waals surface area (Å²) >= 11 is 3.37. The van der Waals surface area contributed by atoms with Gasteiger partial charge in [-0.1, -0.05) is 29.3 Å². The molecule has 3 aliphatic rings. The molecule has 5 atom stereocenters. The van der Waals surface area contributed by atoms with Gasteiger partial charge in [-0.2, -0.15) is 0 Å². The maximum atomic E-state index is 13.1. The van der Waals surface area contributed by atoms with E-state index in [1.165, 1.54) is 6.42 Å². The quantitative estimate of drug-likeness (QED) is 0.528. The molecule has 1 aromatic rings. The molecule has 4 rings (SSSR count). The fourth-order valence-corrected chi connectivity index (χ4v) is 5.07. The Bertz CT molecular complexity index is 817. The predicted molar refractivity (Wildman–Crippen MR) is 116 cm³/mol. The molecule has 5 unspecified atom stereocenters. The van der Waals surface area contributed by atoms with Crippen molar-refractivity contribution >= 4 is 39.3 Å². The number of rotatable bonds is 4. The van der Waals surface area contributed by atoms with Gasteiger partial charge in [0.05, 0.1) is 18.0 Å². The van der Waals surface area contributed by atoms with E-state index < -0.39 is 18.0 Å².